The van der Waals surface area contributed by atoms with Crippen LogP contribution < -0.4 is 5.32 Å². The Balaban J connectivity index is 3.07. The summed E-state index contributed by atoms with van der Waals surface area (Å²) in [6.45, 7) is 1.71. The van der Waals surface area contributed by atoms with Crippen molar-refractivity contribution in [1.29, 1.82) is 0 Å². The fraction of sp³-hybridized carbons (Fsp3) is 0.300. The van der Waals surface area contributed by atoms with E-state index >= 15 is 0 Å². The molecule has 0 fully saturated rings. The predicted molar refractivity (Wildman–Crippen MR) is 57.3 cm³/mol. The van der Waals surface area contributed by atoms with Crippen LogP contribution in [0, 0.1) is 6.92 Å². The Bertz CT molecular complexity index is 465. The van der Waals surface area contributed by atoms with Gasteiger partial charge in [0.15, 0.2) is 9.84 Å². The lowest BCUT2D eigenvalue weighted by Gasteiger charge is -2.06. The van der Waals surface area contributed by atoms with Gasteiger partial charge in [-0.15, -0.1) is 0 Å². The van der Waals surface area contributed by atoms with Crippen molar-refractivity contribution >= 4 is 15.7 Å². The van der Waals surface area contributed by atoms with E-state index in [4.69, 9.17) is 0 Å². The van der Waals surface area contributed by atoms with Crippen molar-refractivity contribution in [2.24, 2.45) is 0 Å². The van der Waals surface area contributed by atoms with Gasteiger partial charge in [-0.25, -0.2) is 8.42 Å². The molecule has 0 aliphatic rings. The van der Waals surface area contributed by atoms with Gasteiger partial charge in [-0.2, -0.15) is 0 Å². The minimum Gasteiger partial charge on any atom is -0.358 e. The molecule has 0 spiro atoms. The maximum atomic E-state index is 11.8. The Hall–Kier alpha value is -1.36. The highest BCUT2D eigenvalue weighted by molar-refractivity contribution is 7.92. The predicted octanol–water partition coefficient (Wildman–Crippen LogP) is 0.515. The fourth-order valence-electron chi connectivity index (χ4n) is 1.23. The van der Waals surface area contributed by atoms with Crippen molar-refractivity contribution in [3.63, 3.8) is 0 Å². The van der Waals surface area contributed by atoms with Gasteiger partial charge in [-0.1, -0.05) is 18.2 Å². The van der Waals surface area contributed by atoms with Gasteiger partial charge in [-0.05, 0) is 18.6 Å². The van der Waals surface area contributed by atoms with E-state index in [-0.39, 0.29) is 4.90 Å². The third-order valence-electron chi connectivity index (χ3n) is 2.03. The Morgan fingerprint density at radius 3 is 2.47 bits per heavy atom. The molecule has 1 N–H and O–H groups in total. The molecule has 1 aromatic rings. The van der Waals surface area contributed by atoms with Crippen LogP contribution >= 0.6 is 0 Å². The van der Waals surface area contributed by atoms with Crippen LogP contribution in [-0.2, 0) is 14.6 Å². The van der Waals surface area contributed by atoms with Crippen LogP contribution in [0.4, 0.5) is 0 Å². The van der Waals surface area contributed by atoms with Gasteiger partial charge < -0.3 is 5.32 Å². The molecule has 0 saturated heterocycles. The molecular formula is C10H13NO3S. The molecule has 15 heavy (non-hydrogen) atoms. The summed E-state index contributed by atoms with van der Waals surface area (Å²) in [4.78, 5) is 11.2. The maximum Gasteiger partial charge on any atom is 0.235 e. The molecule has 1 amide bonds. The van der Waals surface area contributed by atoms with E-state index in [1.54, 1.807) is 25.1 Å². The number of sulfone groups is 1. The molecule has 1 rings (SSSR count). The zero-order valence-electron chi connectivity index (χ0n) is 8.65. The van der Waals surface area contributed by atoms with E-state index in [2.05, 4.69) is 5.32 Å². The number of hydrogen-bond acceptors (Lipinski definition) is 3. The normalized spacial score (nSPS) is 11.1. The summed E-state index contributed by atoms with van der Waals surface area (Å²) in [6, 6.07) is 6.61. The first-order valence-corrected chi connectivity index (χ1v) is 6.11. The summed E-state index contributed by atoms with van der Waals surface area (Å²) in [5.41, 5.74) is 0.654. The number of benzene rings is 1. The number of carbonyl (C=O) groups is 1. The second kappa shape index (κ2) is 4.44. The smallest absolute Gasteiger partial charge is 0.235 e. The van der Waals surface area contributed by atoms with Gasteiger partial charge in [0.25, 0.3) is 0 Å². The average molecular weight is 227 g/mol. The first-order valence-electron chi connectivity index (χ1n) is 4.46. The van der Waals surface area contributed by atoms with Gasteiger partial charge in [-0.3, -0.25) is 4.79 Å². The van der Waals surface area contributed by atoms with Gasteiger partial charge in [0, 0.05) is 7.05 Å². The Morgan fingerprint density at radius 2 is 1.93 bits per heavy atom. The highest BCUT2D eigenvalue weighted by atomic mass is 32.2. The SMILES string of the molecule is CNC(=O)CS(=O)(=O)c1ccccc1C. The van der Waals surface area contributed by atoms with Crippen molar-refractivity contribution in [2.45, 2.75) is 11.8 Å². The molecule has 0 atom stereocenters. The van der Waals surface area contributed by atoms with E-state index in [0.29, 0.717) is 5.56 Å². The van der Waals surface area contributed by atoms with E-state index in [9.17, 15) is 13.2 Å². The van der Waals surface area contributed by atoms with Gasteiger partial charge in [0.2, 0.25) is 5.91 Å². The summed E-state index contributed by atoms with van der Waals surface area (Å²) < 4.78 is 23.5. The Kier molecular flexibility index (Phi) is 3.47. The number of amides is 1. The quantitative estimate of drug-likeness (QED) is 0.818. The van der Waals surface area contributed by atoms with Crippen LogP contribution in [0.15, 0.2) is 29.2 Å². The van der Waals surface area contributed by atoms with Crippen molar-refractivity contribution in [3.8, 4) is 0 Å². The number of hydrogen-bond donors (Lipinski definition) is 1. The molecule has 5 heteroatoms. The minimum absolute atomic E-state index is 0.216. The standard InChI is InChI=1S/C10H13NO3S/c1-8-5-3-4-6-9(8)15(13,14)7-10(12)11-2/h3-6H,7H2,1-2H3,(H,11,12). The highest BCUT2D eigenvalue weighted by Crippen LogP contribution is 2.15. The van der Waals surface area contributed by atoms with E-state index in [0.717, 1.165) is 0 Å². The van der Waals surface area contributed by atoms with Crippen LogP contribution in [0.2, 0.25) is 0 Å². The van der Waals surface area contributed by atoms with Gasteiger partial charge in [0.05, 0.1) is 4.90 Å². The summed E-state index contributed by atoms with van der Waals surface area (Å²) in [5.74, 6) is -1.01. The van der Waals surface area contributed by atoms with E-state index in [1.807, 2.05) is 0 Å². The average Bonchev–Trinajstić information content (AvgIpc) is 2.17. The van der Waals surface area contributed by atoms with Crippen LogP contribution in [0.25, 0.3) is 0 Å². The van der Waals surface area contributed by atoms with E-state index in [1.165, 1.54) is 13.1 Å². The molecule has 0 aliphatic carbocycles. The lowest BCUT2D eigenvalue weighted by atomic mass is 10.2. The largest absolute Gasteiger partial charge is 0.358 e. The highest BCUT2D eigenvalue weighted by Gasteiger charge is 2.19. The molecule has 0 unspecified atom stereocenters. The topological polar surface area (TPSA) is 63.2 Å². The van der Waals surface area contributed by atoms with Crippen molar-refractivity contribution in [3.05, 3.63) is 29.8 Å². The molecule has 0 bridgehead atoms. The molecule has 1 aromatic carbocycles. The summed E-state index contributed by atoms with van der Waals surface area (Å²) >= 11 is 0. The van der Waals surface area contributed by atoms with Crippen LogP contribution in [0.1, 0.15) is 5.56 Å². The number of nitrogens with one attached hydrogen (secondary N) is 1. The summed E-state index contributed by atoms with van der Waals surface area (Å²) in [5, 5.41) is 2.29. The molecule has 0 aliphatic heterocycles. The molecule has 0 aromatic heterocycles. The second-order valence-electron chi connectivity index (χ2n) is 3.20. The molecule has 0 heterocycles. The third kappa shape index (κ3) is 2.79. The maximum absolute atomic E-state index is 11.8. The van der Waals surface area contributed by atoms with Gasteiger partial charge in [0.1, 0.15) is 5.75 Å². The third-order valence-corrected chi connectivity index (χ3v) is 3.80. The zero-order chi connectivity index (χ0) is 11.5. The Morgan fingerprint density at radius 1 is 1.33 bits per heavy atom. The van der Waals surface area contributed by atoms with Crippen molar-refractivity contribution in [1.82, 2.24) is 5.32 Å². The zero-order valence-corrected chi connectivity index (χ0v) is 9.47. The molecule has 4 nitrogen and oxygen atoms in total. The second-order valence-corrected chi connectivity index (χ2v) is 5.16. The number of aryl methyl sites for hydroxylation is 1. The summed E-state index contributed by atoms with van der Waals surface area (Å²) in [6.07, 6.45) is 0. The van der Waals surface area contributed by atoms with Crippen LogP contribution in [0.3, 0.4) is 0 Å². The van der Waals surface area contributed by atoms with Gasteiger partial charge >= 0.3 is 0 Å². The number of rotatable bonds is 3. The van der Waals surface area contributed by atoms with E-state index < -0.39 is 21.5 Å². The number of carbonyl (C=O) groups excluding carboxylic acids is 1. The lowest BCUT2D eigenvalue weighted by Crippen LogP contribution is -2.27. The monoisotopic (exact) mass is 227 g/mol. The molecule has 0 saturated carbocycles. The van der Waals surface area contributed by atoms with Crippen LogP contribution in [0.5, 0.6) is 0 Å². The Labute approximate surface area is 89.2 Å². The molecular weight excluding hydrogens is 214 g/mol. The summed E-state index contributed by atoms with van der Waals surface area (Å²) in [7, 11) is -2.10. The first-order chi connectivity index (χ1) is 6.97. The fourth-order valence-corrected chi connectivity index (χ4v) is 2.72. The van der Waals surface area contributed by atoms with Crippen LogP contribution in [-0.4, -0.2) is 27.1 Å². The lowest BCUT2D eigenvalue weighted by molar-refractivity contribution is -0.118. The molecule has 0 radical (unpaired) electrons. The minimum atomic E-state index is -3.51. The van der Waals surface area contributed by atoms with Crippen molar-refractivity contribution in [2.75, 3.05) is 12.8 Å². The molecule has 82 valence electrons. The first kappa shape index (κ1) is 11.7. The van der Waals surface area contributed by atoms with Crippen molar-refractivity contribution < 1.29 is 13.2 Å².